The van der Waals surface area contributed by atoms with E-state index in [2.05, 4.69) is 4.98 Å². The lowest BCUT2D eigenvalue weighted by molar-refractivity contribution is 0.140. The lowest BCUT2D eigenvalue weighted by Crippen LogP contribution is -1.97. The quantitative estimate of drug-likeness (QED) is 0.916. The van der Waals surface area contributed by atoms with Crippen molar-refractivity contribution in [3.63, 3.8) is 0 Å². The zero-order chi connectivity index (χ0) is 13.2. The van der Waals surface area contributed by atoms with E-state index in [4.69, 9.17) is 14.2 Å². The van der Waals surface area contributed by atoms with Crippen LogP contribution in [0.5, 0.6) is 23.1 Å². The first-order valence-electron chi connectivity index (χ1n) is 5.89. The number of aliphatic hydroxyl groups is 1. The van der Waals surface area contributed by atoms with Crippen molar-refractivity contribution < 1.29 is 19.3 Å². The molecule has 1 aliphatic heterocycles. The fourth-order valence-corrected chi connectivity index (χ4v) is 1.98. The Balaban J connectivity index is 1.92. The number of hydrogen-bond donors (Lipinski definition) is 1. The fourth-order valence-electron chi connectivity index (χ4n) is 1.98. The smallest absolute Gasteiger partial charge is 0.216 e. The molecule has 3 rings (SSSR count). The van der Waals surface area contributed by atoms with Gasteiger partial charge in [-0.1, -0.05) is 12.1 Å². The Morgan fingerprint density at radius 2 is 2.26 bits per heavy atom. The summed E-state index contributed by atoms with van der Waals surface area (Å²) in [6.07, 6.45) is 1.01. The van der Waals surface area contributed by atoms with Crippen LogP contribution in [0.3, 0.4) is 0 Å². The summed E-state index contributed by atoms with van der Waals surface area (Å²) in [6.45, 7) is 0.259. The molecule has 0 saturated heterocycles. The lowest BCUT2D eigenvalue weighted by Gasteiger charge is -2.10. The Kier molecular flexibility index (Phi) is 2.97. The predicted octanol–water partition coefficient (Wildman–Crippen LogP) is 2.31. The molecule has 1 N–H and O–H groups in total. The molecule has 5 nitrogen and oxygen atoms in total. The number of aliphatic hydroxyl groups excluding tert-OH is 1. The highest BCUT2D eigenvalue weighted by Gasteiger charge is 2.25. The second-order valence-electron chi connectivity index (χ2n) is 4.14. The van der Waals surface area contributed by atoms with Gasteiger partial charge in [0.2, 0.25) is 5.88 Å². The van der Waals surface area contributed by atoms with Gasteiger partial charge in [0.15, 0.2) is 11.5 Å². The van der Waals surface area contributed by atoms with Crippen molar-refractivity contribution >= 4 is 0 Å². The van der Waals surface area contributed by atoms with Crippen molar-refractivity contribution in [2.75, 3.05) is 13.7 Å². The summed E-state index contributed by atoms with van der Waals surface area (Å²) < 4.78 is 16.2. The third-order valence-corrected chi connectivity index (χ3v) is 2.90. The summed E-state index contributed by atoms with van der Waals surface area (Å²) in [5, 5.41) is 9.74. The Hall–Kier alpha value is -2.27. The molecule has 98 valence electrons. The highest BCUT2D eigenvalue weighted by Crippen LogP contribution is 2.41. The number of fused-ring (bicyclic) bond motifs is 1. The SMILES string of the molecule is COc1cc(Oc2cccc3c2OC[C@H]3O)ccn1. The molecular formula is C14H13NO4. The van der Waals surface area contributed by atoms with Gasteiger partial charge in [-0.3, -0.25) is 0 Å². The zero-order valence-corrected chi connectivity index (χ0v) is 10.4. The second kappa shape index (κ2) is 4.78. The normalized spacial score (nSPS) is 16.6. The number of benzene rings is 1. The van der Waals surface area contributed by atoms with Crippen LogP contribution < -0.4 is 14.2 Å². The maximum Gasteiger partial charge on any atom is 0.216 e. The molecule has 2 heterocycles. The summed E-state index contributed by atoms with van der Waals surface area (Å²) in [5.74, 6) is 2.24. The van der Waals surface area contributed by atoms with Gasteiger partial charge in [0.1, 0.15) is 18.5 Å². The van der Waals surface area contributed by atoms with E-state index in [9.17, 15) is 5.11 Å². The Labute approximate surface area is 110 Å². The summed E-state index contributed by atoms with van der Waals surface area (Å²) in [4.78, 5) is 4.01. The minimum absolute atomic E-state index is 0.259. The minimum atomic E-state index is -0.592. The van der Waals surface area contributed by atoms with Crippen molar-refractivity contribution in [2.24, 2.45) is 0 Å². The molecule has 0 radical (unpaired) electrons. The molecule has 1 atom stereocenters. The molecule has 1 aromatic carbocycles. The van der Waals surface area contributed by atoms with Crippen LogP contribution in [0.1, 0.15) is 11.7 Å². The average molecular weight is 259 g/mol. The highest BCUT2D eigenvalue weighted by atomic mass is 16.5. The molecule has 0 aliphatic carbocycles. The average Bonchev–Trinajstić information content (AvgIpc) is 2.82. The fraction of sp³-hybridized carbons (Fsp3) is 0.214. The number of nitrogens with zero attached hydrogens (tertiary/aromatic N) is 1. The maximum atomic E-state index is 9.74. The first-order valence-corrected chi connectivity index (χ1v) is 5.89. The van der Waals surface area contributed by atoms with Crippen molar-refractivity contribution in [1.29, 1.82) is 0 Å². The van der Waals surface area contributed by atoms with E-state index in [1.165, 1.54) is 0 Å². The van der Waals surface area contributed by atoms with Crippen LogP contribution in [0.4, 0.5) is 0 Å². The van der Waals surface area contributed by atoms with Gasteiger partial charge < -0.3 is 19.3 Å². The second-order valence-corrected chi connectivity index (χ2v) is 4.14. The van der Waals surface area contributed by atoms with Gasteiger partial charge in [0, 0.05) is 17.8 Å². The van der Waals surface area contributed by atoms with Crippen LogP contribution in [0, 0.1) is 0 Å². The molecular weight excluding hydrogens is 246 g/mol. The summed E-state index contributed by atoms with van der Waals surface area (Å²) in [5.41, 5.74) is 0.749. The molecule has 0 unspecified atom stereocenters. The largest absolute Gasteiger partial charge is 0.486 e. The number of hydrogen-bond acceptors (Lipinski definition) is 5. The molecule has 0 fully saturated rings. The maximum absolute atomic E-state index is 9.74. The van der Waals surface area contributed by atoms with Crippen LogP contribution >= 0.6 is 0 Å². The van der Waals surface area contributed by atoms with E-state index >= 15 is 0 Å². The van der Waals surface area contributed by atoms with Crippen LogP contribution in [-0.2, 0) is 0 Å². The van der Waals surface area contributed by atoms with Crippen molar-refractivity contribution in [1.82, 2.24) is 4.98 Å². The van der Waals surface area contributed by atoms with Gasteiger partial charge in [-0.15, -0.1) is 0 Å². The predicted molar refractivity (Wildman–Crippen MR) is 67.8 cm³/mol. The molecule has 0 spiro atoms. The van der Waals surface area contributed by atoms with Gasteiger partial charge in [-0.05, 0) is 12.1 Å². The van der Waals surface area contributed by atoms with Gasteiger partial charge in [-0.2, -0.15) is 0 Å². The van der Waals surface area contributed by atoms with Gasteiger partial charge in [0.25, 0.3) is 0 Å². The Bertz CT molecular complexity index is 600. The van der Waals surface area contributed by atoms with Gasteiger partial charge in [0.05, 0.1) is 7.11 Å². The minimum Gasteiger partial charge on any atom is -0.486 e. The molecule has 5 heteroatoms. The highest BCUT2D eigenvalue weighted by molar-refractivity contribution is 5.51. The number of methoxy groups -OCH3 is 1. The van der Waals surface area contributed by atoms with Gasteiger partial charge in [-0.25, -0.2) is 4.98 Å². The van der Waals surface area contributed by atoms with Crippen molar-refractivity contribution in [3.05, 3.63) is 42.1 Å². The zero-order valence-electron chi connectivity index (χ0n) is 10.4. The van der Waals surface area contributed by atoms with E-state index in [0.29, 0.717) is 23.1 Å². The first-order chi connectivity index (χ1) is 9.28. The first kappa shape index (κ1) is 11.8. The van der Waals surface area contributed by atoms with E-state index in [-0.39, 0.29) is 6.61 Å². The lowest BCUT2D eigenvalue weighted by atomic mass is 10.1. The molecule has 0 bridgehead atoms. The third-order valence-electron chi connectivity index (χ3n) is 2.90. The number of pyridine rings is 1. The van der Waals surface area contributed by atoms with Crippen LogP contribution in [-0.4, -0.2) is 23.8 Å². The number of rotatable bonds is 3. The molecule has 1 aromatic heterocycles. The van der Waals surface area contributed by atoms with E-state index < -0.39 is 6.10 Å². The molecule has 0 saturated carbocycles. The summed E-state index contributed by atoms with van der Waals surface area (Å²) >= 11 is 0. The van der Waals surface area contributed by atoms with Crippen LogP contribution in [0.2, 0.25) is 0 Å². The number of aromatic nitrogens is 1. The summed E-state index contributed by atoms with van der Waals surface area (Å²) in [6, 6.07) is 8.86. The van der Waals surface area contributed by atoms with Crippen molar-refractivity contribution in [3.8, 4) is 23.1 Å². The van der Waals surface area contributed by atoms with E-state index in [0.717, 1.165) is 5.56 Å². The molecule has 1 aliphatic rings. The standard InChI is InChI=1S/C14H13NO4/c1-17-13-7-9(5-6-15-13)19-12-4-2-3-10-11(16)8-18-14(10)12/h2-7,11,16H,8H2,1H3/t11-/m1/s1. The Morgan fingerprint density at radius 1 is 1.37 bits per heavy atom. The topological polar surface area (TPSA) is 60.8 Å². The Morgan fingerprint density at radius 3 is 3.11 bits per heavy atom. The van der Waals surface area contributed by atoms with Crippen LogP contribution in [0.25, 0.3) is 0 Å². The van der Waals surface area contributed by atoms with E-state index in [1.807, 2.05) is 12.1 Å². The molecule has 19 heavy (non-hydrogen) atoms. The third kappa shape index (κ3) is 2.20. The monoisotopic (exact) mass is 259 g/mol. The summed E-state index contributed by atoms with van der Waals surface area (Å²) in [7, 11) is 1.55. The number of ether oxygens (including phenoxy) is 3. The van der Waals surface area contributed by atoms with Crippen LogP contribution in [0.15, 0.2) is 36.5 Å². The number of para-hydroxylation sites is 1. The van der Waals surface area contributed by atoms with E-state index in [1.54, 1.807) is 31.5 Å². The molecule has 0 amide bonds. The molecule has 2 aromatic rings. The van der Waals surface area contributed by atoms with Gasteiger partial charge >= 0.3 is 0 Å². The van der Waals surface area contributed by atoms with Crippen molar-refractivity contribution in [2.45, 2.75) is 6.10 Å².